The van der Waals surface area contributed by atoms with E-state index in [4.69, 9.17) is 4.42 Å². The molecule has 0 spiro atoms. The predicted octanol–water partition coefficient (Wildman–Crippen LogP) is 3.55. The number of alkyl halides is 1. The lowest BCUT2D eigenvalue weighted by Crippen LogP contribution is -2.31. The highest BCUT2D eigenvalue weighted by molar-refractivity contribution is 5.95. The van der Waals surface area contributed by atoms with E-state index in [0.717, 1.165) is 12.5 Å². The number of aryl methyl sites for hydroxylation is 1. The summed E-state index contributed by atoms with van der Waals surface area (Å²) in [6.45, 7) is 2.84. The lowest BCUT2D eigenvalue weighted by Gasteiger charge is -2.28. The molecule has 1 aliphatic heterocycles. The number of hydrogen-bond donors (Lipinski definition) is 1. The van der Waals surface area contributed by atoms with Crippen molar-refractivity contribution in [3.63, 3.8) is 0 Å². The minimum atomic E-state index is -1.41. The van der Waals surface area contributed by atoms with Crippen LogP contribution < -0.4 is 10.3 Å². The molecule has 10 heteroatoms. The molecule has 1 N–H and O–H groups in total. The smallest absolute Gasteiger partial charge is 0.341 e. The van der Waals surface area contributed by atoms with Crippen molar-refractivity contribution in [2.75, 3.05) is 32.1 Å². The molecule has 4 atom stereocenters. The molecule has 1 saturated carbocycles. The number of carboxylic acids is 1. The number of pyridine rings is 1. The maximum atomic E-state index is 15.5. The largest absolute Gasteiger partial charge is 0.477 e. The third-order valence-corrected chi connectivity index (χ3v) is 7.00. The molecule has 5 rings (SSSR count). The van der Waals surface area contributed by atoms with E-state index in [0.29, 0.717) is 35.7 Å². The van der Waals surface area contributed by atoms with Gasteiger partial charge < -0.3 is 19.0 Å². The summed E-state index contributed by atoms with van der Waals surface area (Å²) in [6.07, 6.45) is 4.22. The van der Waals surface area contributed by atoms with Crippen molar-refractivity contribution in [2.45, 2.75) is 38.0 Å². The van der Waals surface area contributed by atoms with Gasteiger partial charge in [-0.1, -0.05) is 0 Å². The first-order valence-corrected chi connectivity index (χ1v) is 11.2. The summed E-state index contributed by atoms with van der Waals surface area (Å²) >= 11 is 0. The quantitative estimate of drug-likeness (QED) is 0.587. The van der Waals surface area contributed by atoms with Crippen LogP contribution >= 0.6 is 0 Å². The van der Waals surface area contributed by atoms with Gasteiger partial charge in [0, 0.05) is 37.0 Å². The Balaban J connectivity index is 1.59. The van der Waals surface area contributed by atoms with Gasteiger partial charge in [0.1, 0.15) is 23.8 Å². The van der Waals surface area contributed by atoms with Crippen LogP contribution in [0.2, 0.25) is 0 Å². The standard InChI is InChI=1S/C24H26F2N4O4/c1-12-19-14(22(31)15(24(32)33)11-30(19)18-9-16(18)25)8-17(26)20(12)29-6-4-13(10-29)21(28(2)3)23-27-5-7-34-23/h5,7-8,11,13,16,18,21H,4,6,9-10H2,1-3H3,(H,32,33). The third kappa shape index (κ3) is 3.56. The van der Waals surface area contributed by atoms with Crippen LogP contribution in [0.5, 0.6) is 0 Å². The monoisotopic (exact) mass is 472 g/mol. The van der Waals surface area contributed by atoms with Gasteiger partial charge in [-0.3, -0.25) is 9.69 Å². The first-order valence-electron chi connectivity index (χ1n) is 11.2. The molecule has 34 heavy (non-hydrogen) atoms. The van der Waals surface area contributed by atoms with Gasteiger partial charge in [-0.15, -0.1) is 0 Å². The number of aromatic carboxylic acids is 1. The summed E-state index contributed by atoms with van der Waals surface area (Å²) < 4.78 is 36.6. The van der Waals surface area contributed by atoms with Crippen LogP contribution in [0.15, 0.2) is 33.9 Å². The average Bonchev–Trinajstić information content (AvgIpc) is 3.15. The van der Waals surface area contributed by atoms with Gasteiger partial charge in [0.05, 0.1) is 29.5 Å². The van der Waals surface area contributed by atoms with Crippen molar-refractivity contribution in [3.8, 4) is 0 Å². The summed E-state index contributed by atoms with van der Waals surface area (Å²) in [5.74, 6) is -1.28. The first-order chi connectivity index (χ1) is 16.2. The number of carbonyl (C=O) groups is 1. The molecule has 0 amide bonds. The van der Waals surface area contributed by atoms with E-state index in [-0.39, 0.29) is 23.8 Å². The van der Waals surface area contributed by atoms with Crippen molar-refractivity contribution in [3.05, 3.63) is 57.8 Å². The SMILES string of the molecule is Cc1c(N2CCC(C(c3ncco3)N(C)C)C2)c(F)cc2c(=O)c(C(=O)O)cn(C3CC3F)c12. The van der Waals surface area contributed by atoms with E-state index in [1.165, 1.54) is 17.0 Å². The first kappa shape index (κ1) is 22.5. The van der Waals surface area contributed by atoms with Crippen LogP contribution in [-0.2, 0) is 0 Å². The van der Waals surface area contributed by atoms with Crippen molar-refractivity contribution in [1.82, 2.24) is 14.5 Å². The molecule has 2 fully saturated rings. The average molecular weight is 472 g/mol. The zero-order chi connectivity index (χ0) is 24.3. The van der Waals surface area contributed by atoms with Crippen molar-refractivity contribution < 1.29 is 23.1 Å². The third-order valence-electron chi connectivity index (χ3n) is 7.00. The Bertz CT molecular complexity index is 1320. The highest BCUT2D eigenvalue weighted by atomic mass is 19.1. The highest BCUT2D eigenvalue weighted by Crippen LogP contribution is 2.43. The maximum Gasteiger partial charge on any atom is 0.341 e. The minimum Gasteiger partial charge on any atom is -0.477 e. The molecule has 1 aliphatic carbocycles. The number of rotatable bonds is 6. The van der Waals surface area contributed by atoms with Gasteiger partial charge in [-0.25, -0.2) is 18.6 Å². The second-order valence-electron chi connectivity index (χ2n) is 9.41. The van der Waals surface area contributed by atoms with E-state index in [1.807, 2.05) is 23.9 Å². The molecule has 3 heterocycles. The van der Waals surface area contributed by atoms with Crippen LogP contribution in [0.3, 0.4) is 0 Å². The van der Waals surface area contributed by atoms with Crippen LogP contribution in [0.4, 0.5) is 14.5 Å². The van der Waals surface area contributed by atoms with Crippen molar-refractivity contribution in [1.29, 1.82) is 0 Å². The van der Waals surface area contributed by atoms with Gasteiger partial charge in [-0.05, 0) is 39.1 Å². The number of fused-ring (bicyclic) bond motifs is 1. The van der Waals surface area contributed by atoms with Gasteiger partial charge >= 0.3 is 5.97 Å². The fourth-order valence-corrected chi connectivity index (χ4v) is 5.38. The summed E-state index contributed by atoms with van der Waals surface area (Å²) in [6, 6.07) is 0.454. The number of nitrogens with zero attached hydrogens (tertiary/aromatic N) is 4. The molecule has 1 aromatic carbocycles. The molecule has 180 valence electrons. The topological polar surface area (TPSA) is 91.8 Å². The Labute approximate surface area is 194 Å². The fourth-order valence-electron chi connectivity index (χ4n) is 5.38. The zero-order valence-electron chi connectivity index (χ0n) is 19.2. The second-order valence-corrected chi connectivity index (χ2v) is 9.41. The summed E-state index contributed by atoms with van der Waals surface area (Å²) in [5, 5.41) is 9.42. The Morgan fingerprint density at radius 2 is 2.12 bits per heavy atom. The van der Waals surface area contributed by atoms with Crippen molar-refractivity contribution >= 4 is 22.6 Å². The van der Waals surface area contributed by atoms with Gasteiger partial charge in [0.25, 0.3) is 0 Å². The number of oxazole rings is 1. The van der Waals surface area contributed by atoms with E-state index < -0.39 is 35.0 Å². The lowest BCUT2D eigenvalue weighted by molar-refractivity contribution is 0.0694. The van der Waals surface area contributed by atoms with E-state index >= 15 is 4.39 Å². The Morgan fingerprint density at radius 1 is 1.38 bits per heavy atom. The molecular formula is C24H26F2N4O4. The minimum absolute atomic E-state index is 0.0422. The number of anilines is 1. The maximum absolute atomic E-state index is 15.5. The van der Waals surface area contributed by atoms with Crippen LogP contribution in [0.25, 0.3) is 10.9 Å². The molecule has 0 bridgehead atoms. The van der Waals surface area contributed by atoms with Gasteiger partial charge in [-0.2, -0.15) is 0 Å². The summed E-state index contributed by atoms with van der Waals surface area (Å²) in [7, 11) is 3.89. The van der Waals surface area contributed by atoms with Crippen LogP contribution in [-0.4, -0.2) is 58.9 Å². The van der Waals surface area contributed by atoms with E-state index in [1.54, 1.807) is 13.1 Å². The molecule has 4 unspecified atom stereocenters. The number of carboxylic acid groups (broad SMARTS) is 1. The molecule has 0 radical (unpaired) electrons. The molecule has 8 nitrogen and oxygen atoms in total. The molecule has 3 aromatic rings. The Hall–Kier alpha value is -3.27. The van der Waals surface area contributed by atoms with Gasteiger partial charge in [0.2, 0.25) is 11.3 Å². The molecule has 2 aliphatic rings. The molecule has 2 aromatic heterocycles. The number of aromatic nitrogens is 2. The Morgan fingerprint density at radius 3 is 2.71 bits per heavy atom. The highest BCUT2D eigenvalue weighted by Gasteiger charge is 2.41. The second kappa shape index (κ2) is 8.19. The number of benzene rings is 1. The zero-order valence-corrected chi connectivity index (χ0v) is 19.2. The summed E-state index contributed by atoms with van der Waals surface area (Å²) in [5.41, 5.74) is -0.0104. The lowest BCUT2D eigenvalue weighted by atomic mass is 9.98. The van der Waals surface area contributed by atoms with E-state index in [9.17, 15) is 19.1 Å². The Kier molecular flexibility index (Phi) is 5.43. The molecular weight excluding hydrogens is 446 g/mol. The number of hydrogen-bond acceptors (Lipinski definition) is 6. The van der Waals surface area contributed by atoms with E-state index in [2.05, 4.69) is 4.98 Å². The van der Waals surface area contributed by atoms with Crippen LogP contribution in [0, 0.1) is 18.7 Å². The molecule has 1 saturated heterocycles. The van der Waals surface area contributed by atoms with Gasteiger partial charge in [0.15, 0.2) is 0 Å². The summed E-state index contributed by atoms with van der Waals surface area (Å²) in [4.78, 5) is 32.7. The predicted molar refractivity (Wildman–Crippen MR) is 122 cm³/mol. The fraction of sp³-hybridized carbons (Fsp3) is 0.458. The normalized spacial score (nSPS) is 23.1. The number of halogens is 2. The van der Waals surface area contributed by atoms with Crippen LogP contribution in [0.1, 0.15) is 46.7 Å². The van der Waals surface area contributed by atoms with Crippen molar-refractivity contribution in [2.24, 2.45) is 5.92 Å².